The molecule has 0 fully saturated rings. The second-order valence-corrected chi connectivity index (χ2v) is 5.50. The molecule has 0 unspecified atom stereocenters. The summed E-state index contributed by atoms with van der Waals surface area (Å²) in [4.78, 5) is 37.2. The van der Waals surface area contributed by atoms with E-state index in [1.807, 2.05) is 0 Å². The number of nitrogens with zero attached hydrogens (tertiary/aromatic N) is 1. The van der Waals surface area contributed by atoms with E-state index in [-0.39, 0.29) is 33.6 Å². The smallest absolute Gasteiger partial charge is 0.335 e. The molecule has 8 heteroatoms. The number of aromatic carboxylic acids is 1. The highest BCUT2D eigenvalue weighted by Gasteiger charge is 2.14. The van der Waals surface area contributed by atoms with Crippen LogP contribution in [0.5, 0.6) is 0 Å². The number of aromatic nitrogens is 2. The monoisotopic (exact) mass is 348 g/mol. The fourth-order valence-corrected chi connectivity index (χ4v) is 2.71. The third-order valence-electron chi connectivity index (χ3n) is 3.60. The molecule has 2 N–H and O–H groups in total. The van der Waals surface area contributed by atoms with Crippen LogP contribution in [0.1, 0.15) is 15.9 Å². The summed E-state index contributed by atoms with van der Waals surface area (Å²) in [5, 5.41) is 9.27. The second kappa shape index (κ2) is 5.93. The standard InChI is InChI=1S/C16H10ClFN2O4/c17-10-2-1-3-12-13(10)14(21)19-16(24)20(12)7-9-6-8(15(22)23)4-5-11(9)18/h1-6H,7H2,(H,22,23)(H,19,21,24). The number of H-pyrrole nitrogens is 1. The molecule has 3 rings (SSSR count). The Morgan fingerprint density at radius 2 is 2.00 bits per heavy atom. The molecule has 0 spiro atoms. The molecular weight excluding hydrogens is 339 g/mol. The number of carbonyl (C=O) groups is 1. The maximum Gasteiger partial charge on any atom is 0.335 e. The predicted octanol–water partition coefficient (Wildman–Crippen LogP) is 2.23. The van der Waals surface area contributed by atoms with Gasteiger partial charge in [-0.05, 0) is 30.3 Å². The Balaban J connectivity index is 2.24. The first-order valence-electron chi connectivity index (χ1n) is 6.81. The molecule has 0 saturated heterocycles. The van der Waals surface area contributed by atoms with Crippen molar-refractivity contribution in [3.8, 4) is 0 Å². The maximum absolute atomic E-state index is 14.0. The highest BCUT2D eigenvalue weighted by Crippen LogP contribution is 2.20. The van der Waals surface area contributed by atoms with Gasteiger partial charge in [0.2, 0.25) is 0 Å². The number of carboxylic acids is 1. The lowest BCUT2D eigenvalue weighted by Gasteiger charge is -2.11. The van der Waals surface area contributed by atoms with Crippen LogP contribution in [0, 0.1) is 5.82 Å². The fraction of sp³-hybridized carbons (Fsp3) is 0.0625. The molecule has 0 saturated carbocycles. The molecule has 1 aromatic heterocycles. The third-order valence-corrected chi connectivity index (χ3v) is 3.91. The summed E-state index contributed by atoms with van der Waals surface area (Å²) in [7, 11) is 0. The topological polar surface area (TPSA) is 92.2 Å². The van der Waals surface area contributed by atoms with Crippen LogP contribution in [0.15, 0.2) is 46.0 Å². The Labute approximate surface area is 138 Å². The summed E-state index contributed by atoms with van der Waals surface area (Å²) < 4.78 is 15.1. The van der Waals surface area contributed by atoms with Crippen LogP contribution in [-0.4, -0.2) is 20.6 Å². The zero-order valence-electron chi connectivity index (χ0n) is 12.0. The summed E-state index contributed by atoms with van der Waals surface area (Å²) in [6.07, 6.45) is 0. The largest absolute Gasteiger partial charge is 0.478 e. The van der Waals surface area contributed by atoms with Crippen molar-refractivity contribution in [2.75, 3.05) is 0 Å². The van der Waals surface area contributed by atoms with Crippen molar-refractivity contribution in [2.24, 2.45) is 0 Å². The number of benzene rings is 2. The number of fused-ring (bicyclic) bond motifs is 1. The zero-order valence-corrected chi connectivity index (χ0v) is 12.8. The first kappa shape index (κ1) is 15.9. The number of rotatable bonds is 3. The van der Waals surface area contributed by atoms with Gasteiger partial charge in [0.1, 0.15) is 5.82 Å². The fourth-order valence-electron chi connectivity index (χ4n) is 2.46. The summed E-state index contributed by atoms with van der Waals surface area (Å²) in [5.74, 6) is -1.87. The van der Waals surface area contributed by atoms with Crippen molar-refractivity contribution in [1.82, 2.24) is 9.55 Å². The lowest BCUT2D eigenvalue weighted by molar-refractivity contribution is 0.0696. The van der Waals surface area contributed by atoms with Gasteiger partial charge in [-0.2, -0.15) is 0 Å². The molecule has 122 valence electrons. The van der Waals surface area contributed by atoms with E-state index in [4.69, 9.17) is 16.7 Å². The van der Waals surface area contributed by atoms with Crippen molar-refractivity contribution in [1.29, 1.82) is 0 Å². The number of hydrogen-bond acceptors (Lipinski definition) is 3. The molecule has 6 nitrogen and oxygen atoms in total. The van der Waals surface area contributed by atoms with Gasteiger partial charge >= 0.3 is 11.7 Å². The Hall–Kier alpha value is -2.93. The van der Waals surface area contributed by atoms with E-state index in [9.17, 15) is 18.8 Å². The van der Waals surface area contributed by atoms with Crippen LogP contribution in [0.25, 0.3) is 10.9 Å². The first-order chi connectivity index (χ1) is 11.4. The SMILES string of the molecule is O=C(O)c1ccc(F)c(Cn2c(=O)[nH]c(=O)c3c(Cl)cccc32)c1. The molecule has 3 aromatic rings. The third kappa shape index (κ3) is 2.69. The molecule has 0 bridgehead atoms. The van der Waals surface area contributed by atoms with Crippen molar-refractivity contribution in [3.63, 3.8) is 0 Å². The van der Waals surface area contributed by atoms with Crippen molar-refractivity contribution < 1.29 is 14.3 Å². The van der Waals surface area contributed by atoms with Crippen molar-refractivity contribution in [2.45, 2.75) is 6.54 Å². The highest BCUT2D eigenvalue weighted by atomic mass is 35.5. The number of nitrogens with one attached hydrogen (secondary N) is 1. The Kier molecular flexibility index (Phi) is 3.94. The van der Waals surface area contributed by atoms with Gasteiger partial charge in [0.15, 0.2) is 0 Å². The quantitative estimate of drug-likeness (QED) is 0.759. The van der Waals surface area contributed by atoms with Gasteiger partial charge in [-0.3, -0.25) is 14.3 Å². The van der Waals surface area contributed by atoms with E-state index < -0.39 is 23.0 Å². The Morgan fingerprint density at radius 3 is 2.71 bits per heavy atom. The van der Waals surface area contributed by atoms with Crippen LogP contribution in [0.2, 0.25) is 5.02 Å². The molecule has 2 aromatic carbocycles. The molecule has 0 aliphatic heterocycles. The molecular formula is C16H10ClFN2O4. The number of aromatic amines is 1. The van der Waals surface area contributed by atoms with Crippen molar-refractivity contribution in [3.05, 3.63) is 79.2 Å². The minimum Gasteiger partial charge on any atom is -0.478 e. The maximum atomic E-state index is 14.0. The molecule has 0 aliphatic rings. The average molecular weight is 349 g/mol. The molecule has 0 radical (unpaired) electrons. The summed E-state index contributed by atoms with van der Waals surface area (Å²) in [6.45, 7) is -0.251. The van der Waals surface area contributed by atoms with E-state index in [1.165, 1.54) is 12.1 Å². The lowest BCUT2D eigenvalue weighted by Crippen LogP contribution is -2.31. The molecule has 24 heavy (non-hydrogen) atoms. The lowest BCUT2D eigenvalue weighted by atomic mass is 10.1. The molecule has 1 heterocycles. The van der Waals surface area contributed by atoms with E-state index in [0.29, 0.717) is 0 Å². The minimum absolute atomic E-state index is 0.00493. The van der Waals surface area contributed by atoms with Crippen LogP contribution in [0.3, 0.4) is 0 Å². The Bertz CT molecular complexity index is 1090. The van der Waals surface area contributed by atoms with Gasteiger partial charge in [-0.1, -0.05) is 17.7 Å². The molecule has 0 atom stereocenters. The van der Waals surface area contributed by atoms with Gasteiger partial charge in [-0.15, -0.1) is 0 Å². The number of hydrogen-bond donors (Lipinski definition) is 2. The zero-order chi connectivity index (χ0) is 17.4. The number of halogens is 2. The minimum atomic E-state index is -1.21. The first-order valence-corrected chi connectivity index (χ1v) is 7.19. The summed E-state index contributed by atoms with van der Waals surface area (Å²) in [6, 6.07) is 7.86. The van der Waals surface area contributed by atoms with E-state index in [1.54, 1.807) is 6.07 Å². The average Bonchev–Trinajstić information content (AvgIpc) is 2.52. The normalized spacial score (nSPS) is 10.9. The second-order valence-electron chi connectivity index (χ2n) is 5.09. The summed E-state index contributed by atoms with van der Waals surface area (Å²) in [5.41, 5.74) is -1.25. The van der Waals surface area contributed by atoms with Gasteiger partial charge in [0.05, 0.1) is 28.0 Å². The van der Waals surface area contributed by atoms with Gasteiger partial charge in [0, 0.05) is 5.56 Å². The van der Waals surface area contributed by atoms with Gasteiger partial charge in [0.25, 0.3) is 5.56 Å². The van der Waals surface area contributed by atoms with Crippen LogP contribution < -0.4 is 11.2 Å². The van der Waals surface area contributed by atoms with E-state index in [2.05, 4.69) is 4.98 Å². The van der Waals surface area contributed by atoms with Crippen LogP contribution >= 0.6 is 11.6 Å². The van der Waals surface area contributed by atoms with E-state index >= 15 is 0 Å². The molecule has 0 aliphatic carbocycles. The predicted molar refractivity (Wildman–Crippen MR) is 86.3 cm³/mol. The Morgan fingerprint density at radius 1 is 1.25 bits per heavy atom. The van der Waals surface area contributed by atoms with Crippen molar-refractivity contribution >= 4 is 28.5 Å². The molecule has 0 amide bonds. The van der Waals surface area contributed by atoms with E-state index in [0.717, 1.165) is 22.8 Å². The number of carboxylic acid groups (broad SMARTS) is 1. The van der Waals surface area contributed by atoms with Crippen LogP contribution in [0.4, 0.5) is 4.39 Å². The van der Waals surface area contributed by atoms with Crippen LogP contribution in [-0.2, 0) is 6.54 Å². The highest BCUT2D eigenvalue weighted by molar-refractivity contribution is 6.35. The van der Waals surface area contributed by atoms with Gasteiger partial charge in [-0.25, -0.2) is 14.0 Å². The summed E-state index contributed by atoms with van der Waals surface area (Å²) >= 11 is 6.00. The van der Waals surface area contributed by atoms with Gasteiger partial charge < -0.3 is 5.11 Å².